The van der Waals surface area contributed by atoms with E-state index >= 15 is 0 Å². The number of anilines is 1. The number of hydrogen-bond acceptors (Lipinski definition) is 5. The summed E-state index contributed by atoms with van der Waals surface area (Å²) in [5, 5.41) is 4.01. The van der Waals surface area contributed by atoms with Crippen molar-refractivity contribution in [1.29, 1.82) is 0 Å². The van der Waals surface area contributed by atoms with Crippen LogP contribution in [0.3, 0.4) is 0 Å². The summed E-state index contributed by atoms with van der Waals surface area (Å²) in [6.07, 6.45) is 0.748. The molecule has 0 atom stereocenters. The molecule has 0 radical (unpaired) electrons. The van der Waals surface area contributed by atoms with Crippen LogP contribution in [0.25, 0.3) is 0 Å². The summed E-state index contributed by atoms with van der Waals surface area (Å²) >= 11 is 13.5. The lowest BCUT2D eigenvalue weighted by Crippen LogP contribution is -2.29. The number of carbonyl (C=O) groups excluding carboxylic acids is 2. The standard InChI is InChI=1S/C18H18Cl2N2O3S/c1-3-22-7-6-11-14(9-22)26-17(15(11)18(24)25-2)21-16(23)12-8-10(19)4-5-13(12)20/h4-5,8H,3,6-7,9H2,1-2H3,(H,21,23). The van der Waals surface area contributed by atoms with Gasteiger partial charge in [-0.2, -0.15) is 0 Å². The number of hydrogen-bond donors (Lipinski definition) is 1. The van der Waals surface area contributed by atoms with Gasteiger partial charge < -0.3 is 10.1 Å². The lowest BCUT2D eigenvalue weighted by atomic mass is 10.0. The van der Waals surface area contributed by atoms with Gasteiger partial charge in [0.15, 0.2) is 0 Å². The van der Waals surface area contributed by atoms with Gasteiger partial charge in [-0.25, -0.2) is 4.79 Å². The zero-order valence-electron chi connectivity index (χ0n) is 14.4. The third-order valence-corrected chi connectivity index (χ3v) is 6.07. The molecule has 0 aliphatic carbocycles. The van der Waals surface area contributed by atoms with E-state index < -0.39 is 11.9 Å². The number of benzene rings is 1. The monoisotopic (exact) mass is 412 g/mol. The van der Waals surface area contributed by atoms with Crippen LogP contribution in [0, 0.1) is 0 Å². The van der Waals surface area contributed by atoms with Gasteiger partial charge in [-0.15, -0.1) is 11.3 Å². The van der Waals surface area contributed by atoms with Crippen LogP contribution in [0.15, 0.2) is 18.2 Å². The van der Waals surface area contributed by atoms with Crippen molar-refractivity contribution in [1.82, 2.24) is 4.90 Å². The van der Waals surface area contributed by atoms with E-state index in [-0.39, 0.29) is 5.56 Å². The Morgan fingerprint density at radius 1 is 1.35 bits per heavy atom. The topological polar surface area (TPSA) is 58.6 Å². The molecule has 1 aromatic carbocycles. The van der Waals surface area contributed by atoms with Crippen molar-refractivity contribution in [3.63, 3.8) is 0 Å². The minimum Gasteiger partial charge on any atom is -0.465 e. The first kappa shape index (κ1) is 19.2. The highest BCUT2D eigenvalue weighted by molar-refractivity contribution is 7.17. The Balaban J connectivity index is 1.96. The molecule has 8 heteroatoms. The maximum absolute atomic E-state index is 12.7. The molecule has 1 amide bonds. The van der Waals surface area contributed by atoms with Gasteiger partial charge in [0.2, 0.25) is 0 Å². The third-order valence-electron chi connectivity index (χ3n) is 4.37. The first-order chi connectivity index (χ1) is 12.4. The van der Waals surface area contributed by atoms with E-state index in [0.717, 1.165) is 36.5 Å². The number of methoxy groups -OCH3 is 1. The van der Waals surface area contributed by atoms with Gasteiger partial charge in [-0.1, -0.05) is 30.1 Å². The Hall–Kier alpha value is -1.60. The lowest BCUT2D eigenvalue weighted by Gasteiger charge is -2.25. The number of fused-ring (bicyclic) bond motifs is 1. The van der Waals surface area contributed by atoms with Gasteiger partial charge in [-0.05, 0) is 36.7 Å². The molecule has 0 spiro atoms. The summed E-state index contributed by atoms with van der Waals surface area (Å²) in [5.41, 5.74) is 1.66. The average Bonchev–Trinajstić information content (AvgIpc) is 2.99. The smallest absolute Gasteiger partial charge is 0.341 e. The number of rotatable bonds is 4. The van der Waals surface area contributed by atoms with Gasteiger partial charge in [0.05, 0.1) is 23.3 Å². The van der Waals surface area contributed by atoms with E-state index in [2.05, 4.69) is 17.1 Å². The van der Waals surface area contributed by atoms with Crippen LogP contribution in [-0.4, -0.2) is 37.0 Å². The molecular weight excluding hydrogens is 395 g/mol. The number of nitrogens with zero attached hydrogens (tertiary/aromatic N) is 1. The molecule has 3 rings (SSSR count). The van der Waals surface area contributed by atoms with Crippen LogP contribution < -0.4 is 5.32 Å². The molecule has 0 saturated carbocycles. The number of esters is 1. The minimum atomic E-state index is -0.445. The molecule has 5 nitrogen and oxygen atoms in total. The molecular formula is C18H18Cl2N2O3S. The van der Waals surface area contributed by atoms with Crippen molar-refractivity contribution in [3.8, 4) is 0 Å². The Kier molecular flexibility index (Phi) is 5.87. The zero-order valence-corrected chi connectivity index (χ0v) is 16.7. The van der Waals surface area contributed by atoms with Gasteiger partial charge in [-0.3, -0.25) is 9.69 Å². The number of halogens is 2. The van der Waals surface area contributed by atoms with Gasteiger partial charge in [0.25, 0.3) is 5.91 Å². The number of likely N-dealkylation sites (N-methyl/N-ethyl adjacent to an activating group) is 1. The molecule has 0 saturated heterocycles. The fraction of sp³-hybridized carbons (Fsp3) is 0.333. The summed E-state index contributed by atoms with van der Waals surface area (Å²) in [4.78, 5) is 28.4. The number of carbonyl (C=O) groups is 2. The molecule has 1 aromatic heterocycles. The molecule has 138 valence electrons. The lowest BCUT2D eigenvalue weighted by molar-refractivity contribution is 0.0600. The summed E-state index contributed by atoms with van der Waals surface area (Å²) in [6, 6.07) is 4.69. The molecule has 0 bridgehead atoms. The average molecular weight is 413 g/mol. The van der Waals surface area contributed by atoms with E-state index in [1.54, 1.807) is 12.1 Å². The molecule has 2 heterocycles. The van der Waals surface area contributed by atoms with Crippen molar-refractivity contribution in [3.05, 3.63) is 49.8 Å². The van der Waals surface area contributed by atoms with E-state index in [1.165, 1.54) is 24.5 Å². The Morgan fingerprint density at radius 3 is 2.81 bits per heavy atom. The third kappa shape index (κ3) is 3.74. The molecule has 1 aliphatic rings. The zero-order chi connectivity index (χ0) is 18.8. The molecule has 0 fully saturated rings. The Bertz CT molecular complexity index is 866. The fourth-order valence-corrected chi connectivity index (χ4v) is 4.62. The highest BCUT2D eigenvalue weighted by atomic mass is 35.5. The number of thiophene rings is 1. The maximum atomic E-state index is 12.7. The molecule has 0 unspecified atom stereocenters. The fourth-order valence-electron chi connectivity index (χ4n) is 2.97. The van der Waals surface area contributed by atoms with Crippen molar-refractivity contribution >= 4 is 51.4 Å². The Labute approximate surface area is 165 Å². The van der Waals surface area contributed by atoms with Crippen LogP contribution in [0.4, 0.5) is 5.00 Å². The first-order valence-corrected chi connectivity index (χ1v) is 9.73. The Morgan fingerprint density at radius 2 is 2.12 bits per heavy atom. The number of amides is 1. The van der Waals surface area contributed by atoms with Crippen LogP contribution >= 0.6 is 34.5 Å². The highest BCUT2D eigenvalue weighted by Crippen LogP contribution is 2.38. The number of ether oxygens (including phenoxy) is 1. The molecule has 1 N–H and O–H groups in total. The van der Waals surface area contributed by atoms with Crippen molar-refractivity contribution in [2.45, 2.75) is 19.9 Å². The SMILES string of the molecule is CCN1CCc2c(sc(NC(=O)c3cc(Cl)ccc3Cl)c2C(=O)OC)C1. The predicted molar refractivity (Wildman–Crippen MR) is 105 cm³/mol. The molecule has 2 aromatic rings. The minimum absolute atomic E-state index is 0.261. The quantitative estimate of drug-likeness (QED) is 0.752. The van der Waals surface area contributed by atoms with E-state index in [0.29, 0.717) is 20.6 Å². The van der Waals surface area contributed by atoms with Crippen LogP contribution in [-0.2, 0) is 17.7 Å². The normalized spacial score (nSPS) is 14.0. The summed E-state index contributed by atoms with van der Waals surface area (Å²) in [6.45, 7) is 4.67. The summed E-state index contributed by atoms with van der Waals surface area (Å²) < 4.78 is 4.94. The van der Waals surface area contributed by atoms with Crippen molar-refractivity contribution < 1.29 is 14.3 Å². The van der Waals surface area contributed by atoms with Crippen LogP contribution in [0.1, 0.15) is 38.1 Å². The van der Waals surface area contributed by atoms with Crippen molar-refractivity contribution in [2.75, 3.05) is 25.5 Å². The number of nitrogens with one attached hydrogen (secondary N) is 1. The van der Waals surface area contributed by atoms with E-state index in [4.69, 9.17) is 27.9 Å². The predicted octanol–water partition coefficient (Wildman–Crippen LogP) is 4.47. The molecule has 1 aliphatic heterocycles. The van der Waals surface area contributed by atoms with E-state index in [9.17, 15) is 9.59 Å². The maximum Gasteiger partial charge on any atom is 0.341 e. The first-order valence-electron chi connectivity index (χ1n) is 8.16. The summed E-state index contributed by atoms with van der Waals surface area (Å²) in [7, 11) is 1.34. The second kappa shape index (κ2) is 7.96. The van der Waals surface area contributed by atoms with Crippen LogP contribution in [0.5, 0.6) is 0 Å². The van der Waals surface area contributed by atoms with Gasteiger partial charge >= 0.3 is 5.97 Å². The van der Waals surface area contributed by atoms with Gasteiger partial charge in [0, 0.05) is 23.0 Å². The van der Waals surface area contributed by atoms with Crippen molar-refractivity contribution in [2.24, 2.45) is 0 Å². The second-order valence-corrected chi connectivity index (χ2v) is 7.85. The largest absolute Gasteiger partial charge is 0.465 e. The second-order valence-electron chi connectivity index (χ2n) is 5.90. The summed E-state index contributed by atoms with van der Waals surface area (Å²) in [5.74, 6) is -0.853. The van der Waals surface area contributed by atoms with Crippen LogP contribution in [0.2, 0.25) is 10.0 Å². The highest BCUT2D eigenvalue weighted by Gasteiger charge is 2.29. The molecule has 26 heavy (non-hydrogen) atoms. The van der Waals surface area contributed by atoms with E-state index in [1.807, 2.05) is 0 Å². The van der Waals surface area contributed by atoms with Gasteiger partial charge in [0.1, 0.15) is 5.00 Å².